The lowest BCUT2D eigenvalue weighted by molar-refractivity contribution is -0.652. The molecule has 2 aromatic carbocycles. The van der Waals surface area contributed by atoms with Gasteiger partial charge in [0, 0.05) is 6.07 Å². The summed E-state index contributed by atoms with van der Waals surface area (Å²) in [4.78, 5) is 15.5. The zero-order chi connectivity index (χ0) is 15.0. The van der Waals surface area contributed by atoms with Crippen LogP contribution in [0.5, 0.6) is 11.5 Å². The standard InChI is InChI=1S/C16H14N2O3/c1-18-13-5-3-2-4-12(13)17-16(18)9-15(21)11-7-6-10(19)8-14(11)20/h2-8H,9H2,1H3,(H2,19,20,21)/p+1. The van der Waals surface area contributed by atoms with Crippen LogP contribution in [0.2, 0.25) is 0 Å². The van der Waals surface area contributed by atoms with Gasteiger partial charge in [0.05, 0.1) is 12.6 Å². The number of carbonyl (C=O) groups is 1. The molecule has 3 aromatic rings. The first-order valence-electron chi connectivity index (χ1n) is 6.57. The number of para-hydroxylation sites is 2. The topological polar surface area (TPSA) is 77.2 Å². The number of nitrogens with one attached hydrogen (secondary N) is 1. The number of rotatable bonds is 3. The Bertz CT molecular complexity index is 837. The normalized spacial score (nSPS) is 10.9. The minimum absolute atomic E-state index is 0.0692. The number of ketones is 1. The van der Waals surface area contributed by atoms with Crippen LogP contribution in [0.4, 0.5) is 0 Å². The van der Waals surface area contributed by atoms with E-state index in [0.29, 0.717) is 0 Å². The molecule has 1 heterocycles. The number of carbonyl (C=O) groups excluding carboxylic acids is 1. The summed E-state index contributed by atoms with van der Waals surface area (Å²) in [5.41, 5.74) is 2.17. The molecular weight excluding hydrogens is 268 g/mol. The number of H-pyrrole nitrogens is 1. The number of phenolic OH excluding ortho intramolecular Hbond substituents is 2. The molecule has 0 fully saturated rings. The van der Waals surface area contributed by atoms with Crippen LogP contribution < -0.4 is 4.57 Å². The number of aromatic nitrogens is 2. The van der Waals surface area contributed by atoms with Gasteiger partial charge in [-0.15, -0.1) is 0 Å². The number of aromatic amines is 1. The van der Waals surface area contributed by atoms with Gasteiger partial charge in [-0.05, 0) is 24.3 Å². The van der Waals surface area contributed by atoms with E-state index < -0.39 is 0 Å². The Kier molecular flexibility index (Phi) is 3.10. The number of hydrogen-bond donors (Lipinski definition) is 3. The predicted octanol–water partition coefficient (Wildman–Crippen LogP) is 1.83. The lowest BCUT2D eigenvalue weighted by Gasteiger charge is -2.02. The number of aromatic hydroxyl groups is 2. The average molecular weight is 283 g/mol. The van der Waals surface area contributed by atoms with E-state index in [2.05, 4.69) is 4.98 Å². The highest BCUT2D eigenvalue weighted by Gasteiger charge is 2.20. The number of nitrogens with zero attached hydrogens (tertiary/aromatic N) is 1. The third-order valence-electron chi connectivity index (χ3n) is 3.56. The summed E-state index contributed by atoms with van der Waals surface area (Å²) in [5, 5.41) is 19.0. The van der Waals surface area contributed by atoms with Gasteiger partial charge in [0.25, 0.3) is 5.82 Å². The zero-order valence-electron chi connectivity index (χ0n) is 11.5. The molecule has 0 aliphatic heterocycles. The van der Waals surface area contributed by atoms with Crippen LogP contribution >= 0.6 is 0 Å². The molecule has 0 bridgehead atoms. The van der Waals surface area contributed by atoms with Crippen molar-refractivity contribution in [1.29, 1.82) is 0 Å². The fraction of sp³-hybridized carbons (Fsp3) is 0.125. The van der Waals surface area contributed by atoms with Crippen LogP contribution in [-0.4, -0.2) is 21.0 Å². The molecular formula is C16H15N2O3+. The van der Waals surface area contributed by atoms with Gasteiger partial charge < -0.3 is 10.2 Å². The first-order valence-corrected chi connectivity index (χ1v) is 6.57. The summed E-state index contributed by atoms with van der Waals surface area (Å²) in [6.45, 7) is 0. The SMILES string of the molecule is C[n+]1c(CC(=O)c2ccc(O)cc2O)[nH]c2ccccc21. The molecule has 0 amide bonds. The Morgan fingerprint density at radius 3 is 2.67 bits per heavy atom. The van der Waals surface area contributed by atoms with Crippen LogP contribution in [0.1, 0.15) is 16.2 Å². The molecule has 0 saturated heterocycles. The van der Waals surface area contributed by atoms with E-state index in [0.717, 1.165) is 16.9 Å². The highest BCUT2D eigenvalue weighted by Crippen LogP contribution is 2.23. The van der Waals surface area contributed by atoms with Gasteiger partial charge in [-0.25, -0.2) is 9.55 Å². The van der Waals surface area contributed by atoms with Crippen molar-refractivity contribution < 1.29 is 19.6 Å². The number of imidazole rings is 1. The van der Waals surface area contributed by atoms with Crippen molar-refractivity contribution >= 4 is 16.8 Å². The Morgan fingerprint density at radius 2 is 1.95 bits per heavy atom. The molecule has 106 valence electrons. The first-order chi connectivity index (χ1) is 10.1. The molecule has 21 heavy (non-hydrogen) atoms. The van der Waals surface area contributed by atoms with Crippen molar-refractivity contribution in [2.75, 3.05) is 0 Å². The molecule has 0 aliphatic rings. The van der Waals surface area contributed by atoms with Gasteiger partial charge >= 0.3 is 0 Å². The number of phenols is 2. The third kappa shape index (κ3) is 2.33. The van der Waals surface area contributed by atoms with Gasteiger partial charge in [-0.2, -0.15) is 0 Å². The second-order valence-corrected chi connectivity index (χ2v) is 4.95. The Balaban J connectivity index is 1.94. The molecule has 0 aliphatic carbocycles. The summed E-state index contributed by atoms with van der Waals surface area (Å²) in [5.74, 6) is 0.266. The van der Waals surface area contributed by atoms with Gasteiger partial charge in [0.15, 0.2) is 16.8 Å². The maximum Gasteiger partial charge on any atom is 0.262 e. The molecule has 5 heteroatoms. The maximum atomic E-state index is 12.3. The Morgan fingerprint density at radius 1 is 1.19 bits per heavy atom. The van der Waals surface area contributed by atoms with E-state index in [9.17, 15) is 15.0 Å². The summed E-state index contributed by atoms with van der Waals surface area (Å²) in [7, 11) is 1.89. The van der Waals surface area contributed by atoms with Gasteiger partial charge in [-0.3, -0.25) is 4.79 Å². The lowest BCUT2D eigenvalue weighted by atomic mass is 10.1. The van der Waals surface area contributed by atoms with Crippen LogP contribution in [0.15, 0.2) is 42.5 Å². The Labute approximate surface area is 121 Å². The van der Waals surface area contributed by atoms with E-state index in [1.165, 1.54) is 18.2 Å². The monoisotopic (exact) mass is 283 g/mol. The van der Waals surface area contributed by atoms with Crippen molar-refractivity contribution in [1.82, 2.24) is 4.98 Å². The smallest absolute Gasteiger partial charge is 0.262 e. The average Bonchev–Trinajstić information content (AvgIpc) is 2.76. The first kappa shape index (κ1) is 13.2. The van der Waals surface area contributed by atoms with Crippen LogP contribution in [0.25, 0.3) is 11.0 Å². The molecule has 0 unspecified atom stereocenters. The molecule has 0 radical (unpaired) electrons. The van der Waals surface area contributed by atoms with Crippen LogP contribution in [-0.2, 0) is 13.5 Å². The molecule has 3 rings (SSSR count). The van der Waals surface area contributed by atoms with Gasteiger partial charge in [0.2, 0.25) is 0 Å². The van der Waals surface area contributed by atoms with Crippen LogP contribution in [0, 0.1) is 0 Å². The summed E-state index contributed by atoms with van der Waals surface area (Å²) >= 11 is 0. The predicted molar refractivity (Wildman–Crippen MR) is 77.3 cm³/mol. The molecule has 1 aromatic heterocycles. The molecule has 0 atom stereocenters. The van der Waals surface area contributed by atoms with Crippen molar-refractivity contribution in [2.45, 2.75) is 6.42 Å². The second-order valence-electron chi connectivity index (χ2n) is 4.95. The second kappa shape index (κ2) is 4.94. The third-order valence-corrected chi connectivity index (χ3v) is 3.56. The Hall–Kier alpha value is -2.82. The maximum absolute atomic E-state index is 12.3. The van der Waals surface area contributed by atoms with E-state index in [4.69, 9.17) is 0 Å². The zero-order valence-corrected chi connectivity index (χ0v) is 11.5. The van der Waals surface area contributed by atoms with E-state index in [-0.39, 0.29) is 29.3 Å². The van der Waals surface area contributed by atoms with E-state index in [1.807, 2.05) is 35.9 Å². The fourth-order valence-corrected chi connectivity index (χ4v) is 2.42. The van der Waals surface area contributed by atoms with E-state index >= 15 is 0 Å². The summed E-state index contributed by atoms with van der Waals surface area (Å²) in [6.07, 6.45) is 0.142. The lowest BCUT2D eigenvalue weighted by Crippen LogP contribution is -2.33. The highest BCUT2D eigenvalue weighted by molar-refractivity contribution is 5.99. The quantitative estimate of drug-likeness (QED) is 0.507. The van der Waals surface area contributed by atoms with Crippen molar-refractivity contribution in [3.63, 3.8) is 0 Å². The fourth-order valence-electron chi connectivity index (χ4n) is 2.42. The minimum atomic E-state index is -0.213. The number of benzene rings is 2. The van der Waals surface area contributed by atoms with Crippen molar-refractivity contribution in [2.24, 2.45) is 7.05 Å². The van der Waals surface area contributed by atoms with E-state index in [1.54, 1.807) is 0 Å². The number of Topliss-reactive ketones (excluding diaryl/α,β-unsaturated/α-hetero) is 1. The molecule has 0 spiro atoms. The molecule has 0 saturated carbocycles. The summed E-state index contributed by atoms with van der Waals surface area (Å²) < 4.78 is 1.92. The number of hydrogen-bond acceptors (Lipinski definition) is 3. The molecule has 5 nitrogen and oxygen atoms in total. The van der Waals surface area contributed by atoms with Crippen molar-refractivity contribution in [3.8, 4) is 11.5 Å². The minimum Gasteiger partial charge on any atom is -0.508 e. The number of aryl methyl sites for hydroxylation is 1. The number of fused-ring (bicyclic) bond motifs is 1. The van der Waals surface area contributed by atoms with Gasteiger partial charge in [-0.1, -0.05) is 12.1 Å². The highest BCUT2D eigenvalue weighted by atomic mass is 16.3. The van der Waals surface area contributed by atoms with Gasteiger partial charge in [0.1, 0.15) is 17.9 Å². The summed E-state index contributed by atoms with van der Waals surface area (Å²) in [6, 6.07) is 11.8. The molecule has 3 N–H and O–H groups in total. The van der Waals surface area contributed by atoms with Crippen LogP contribution in [0.3, 0.4) is 0 Å². The van der Waals surface area contributed by atoms with Crippen molar-refractivity contribution in [3.05, 3.63) is 53.9 Å². The largest absolute Gasteiger partial charge is 0.508 e.